The van der Waals surface area contributed by atoms with Crippen LogP contribution in [0.3, 0.4) is 0 Å². The number of anilines is 1. The molecule has 0 aliphatic carbocycles. The van der Waals surface area contributed by atoms with Crippen molar-refractivity contribution in [2.45, 2.75) is 113 Å². The highest BCUT2D eigenvalue weighted by atomic mass is 19.4. The Hall–Kier alpha value is -5.46. The van der Waals surface area contributed by atoms with Crippen molar-refractivity contribution in [1.29, 1.82) is 0 Å². The fraction of sp³-hybridized carbons (Fsp3) is 0.590. The number of alkyl halides is 6. The van der Waals surface area contributed by atoms with Crippen LogP contribution in [0.4, 0.5) is 32.0 Å². The van der Waals surface area contributed by atoms with Gasteiger partial charge in [0.1, 0.15) is 60.2 Å². The van der Waals surface area contributed by atoms with E-state index in [0.717, 1.165) is 34.6 Å². The molecule has 67 heavy (non-hydrogen) atoms. The molecule has 3 aliphatic heterocycles. The van der Waals surface area contributed by atoms with Crippen molar-refractivity contribution in [2.75, 3.05) is 39.1 Å². The second-order valence-corrected chi connectivity index (χ2v) is 15.1. The number of aliphatic carboxylic acids is 2. The molecule has 3 aliphatic rings. The topological polar surface area (TPSA) is 326 Å². The van der Waals surface area contributed by atoms with Crippen molar-refractivity contribution in [2.24, 2.45) is 5.73 Å². The Balaban J connectivity index is 0.000000737. The van der Waals surface area contributed by atoms with Crippen molar-refractivity contribution in [1.82, 2.24) is 19.4 Å². The van der Waals surface area contributed by atoms with Crippen molar-refractivity contribution < 1.29 is 95.1 Å². The van der Waals surface area contributed by atoms with Crippen LogP contribution in [0.5, 0.6) is 5.75 Å². The van der Waals surface area contributed by atoms with Crippen molar-refractivity contribution in [3.8, 4) is 5.75 Å². The Labute approximate surface area is 376 Å². The van der Waals surface area contributed by atoms with Crippen LogP contribution in [0, 0.1) is 0 Å². The van der Waals surface area contributed by atoms with Gasteiger partial charge in [-0.25, -0.2) is 14.4 Å². The summed E-state index contributed by atoms with van der Waals surface area (Å²) in [7, 11) is 2.94. The highest BCUT2D eigenvalue weighted by molar-refractivity contribution is 6.06. The maximum Gasteiger partial charge on any atom is 0.490 e. The largest absolute Gasteiger partial charge is 0.494 e. The number of aromatic amines is 1. The second kappa shape index (κ2) is 24.5. The monoisotopic (exact) mass is 974 g/mol. The summed E-state index contributed by atoms with van der Waals surface area (Å²) >= 11 is 0. The average Bonchev–Trinajstić information content (AvgIpc) is 3.65. The van der Waals surface area contributed by atoms with Gasteiger partial charge >= 0.3 is 30.0 Å². The third-order valence-electron chi connectivity index (χ3n) is 10.2. The number of nitrogens with zero attached hydrogens (tertiary/aromatic N) is 3. The minimum Gasteiger partial charge on any atom is -0.494 e. The number of hydrogen-bond donors (Lipinski definition) is 9. The highest BCUT2D eigenvalue weighted by Crippen LogP contribution is 2.36. The number of carboxylic acid groups (broad SMARTS) is 2. The molecular formula is C39H52F6N6O16. The van der Waals surface area contributed by atoms with Gasteiger partial charge in [-0.1, -0.05) is 32.6 Å². The van der Waals surface area contributed by atoms with Crippen molar-refractivity contribution in [3.63, 3.8) is 0 Å². The molecule has 28 heteroatoms. The van der Waals surface area contributed by atoms with Crippen LogP contribution in [0.2, 0.25) is 0 Å². The Bertz CT molecular complexity index is 2100. The quantitative estimate of drug-likeness (QED) is 0.0828. The van der Waals surface area contributed by atoms with Crippen LogP contribution in [0.25, 0.3) is 0 Å². The van der Waals surface area contributed by atoms with E-state index in [2.05, 4.69) is 17.2 Å². The lowest BCUT2D eigenvalue weighted by atomic mass is 9.97. The number of amides is 2. The number of aromatic nitrogens is 2. The van der Waals surface area contributed by atoms with E-state index in [1.54, 1.807) is 31.3 Å². The Morgan fingerprint density at radius 3 is 1.97 bits per heavy atom. The van der Waals surface area contributed by atoms with Gasteiger partial charge in [0.05, 0.1) is 6.61 Å². The number of rotatable bonds is 15. The molecule has 4 heterocycles. The van der Waals surface area contributed by atoms with E-state index in [9.17, 15) is 65.9 Å². The van der Waals surface area contributed by atoms with Gasteiger partial charge in [-0.15, -0.1) is 0 Å². The molecule has 10 N–H and O–H groups in total. The first-order valence-electron chi connectivity index (χ1n) is 20.3. The first kappa shape index (κ1) is 55.9. The lowest BCUT2D eigenvalue weighted by molar-refractivity contribution is -0.232. The van der Waals surface area contributed by atoms with Gasteiger partial charge in [0.25, 0.3) is 11.5 Å². The Morgan fingerprint density at radius 2 is 1.45 bits per heavy atom. The molecule has 1 aromatic carbocycles. The molecule has 0 unspecified atom stereocenters. The molecule has 2 fully saturated rings. The number of benzene rings is 1. The summed E-state index contributed by atoms with van der Waals surface area (Å²) < 4.78 is 88.0. The number of ether oxygens (including phenoxy) is 4. The average molecular weight is 975 g/mol. The number of hydrogen-bond acceptors (Lipinski definition) is 16. The third-order valence-corrected chi connectivity index (χ3v) is 10.2. The molecule has 0 saturated carbocycles. The molecule has 10 atom stereocenters. The molecule has 0 spiro atoms. The van der Waals surface area contributed by atoms with Crippen LogP contribution in [0.1, 0.15) is 45.3 Å². The van der Waals surface area contributed by atoms with E-state index in [4.69, 9.17) is 44.5 Å². The fourth-order valence-electron chi connectivity index (χ4n) is 6.67. The zero-order valence-electron chi connectivity index (χ0n) is 35.9. The number of halogens is 6. The zero-order valence-corrected chi connectivity index (χ0v) is 35.9. The standard InChI is InChI=1S/C35H50N6O12.2C2HF3O2/c1-4-5-6-7-8-17-50-20-11-9-19(10-12-20)37-31(47)21-13-15-39(2)24(32(48)40(21)3)29(53-34-28(46)25(43)22(18-36)51-34)30-26(44)27(45)33(52-30)41-16-14-23(42)38-35(41)49;2*3-2(4,5)1(6)7/h9-14,16,22,24-30,33-34,43-46H,4-8,15,17-18,36H2,1-3H3,(H,37,47)(H,38,42,49);2*(H,6,7)/t22-,24+,25-,26+,27-,28-,29+,30+,33-,34+;;/m1../s1. The third kappa shape index (κ3) is 15.3. The SMILES string of the molecule is CCCCCCCOc1ccc(NC(=O)C2=CCN(C)[C@@H]([C@H](O[C@@H]3O[C@H](CN)[C@@H](O)[C@H]3O)[C@H]3O[C@@H](n4ccc(=O)[nH]c4=O)[C@H](O)[C@@H]3O)C(=O)N2C)cc1.O=C(O)C(F)(F)F.O=C(O)C(F)(F)F. The molecule has 2 amide bonds. The van der Waals surface area contributed by atoms with Gasteiger partial charge in [0, 0.05) is 38.1 Å². The fourth-order valence-corrected chi connectivity index (χ4v) is 6.67. The van der Waals surface area contributed by atoms with E-state index in [1.807, 2.05) is 0 Å². The normalized spacial score (nSPS) is 26.0. The Morgan fingerprint density at radius 1 is 0.866 bits per heavy atom. The molecule has 2 aromatic rings. The number of carbonyl (C=O) groups is 4. The number of carboxylic acids is 2. The summed E-state index contributed by atoms with van der Waals surface area (Å²) in [6.07, 6.45) is -15.8. The van der Waals surface area contributed by atoms with Crippen LogP contribution in [-0.2, 0) is 33.4 Å². The lowest BCUT2D eigenvalue weighted by Crippen LogP contribution is -2.59. The number of nitrogens with two attached hydrogens (primary N) is 1. The smallest absolute Gasteiger partial charge is 0.490 e. The number of carbonyl (C=O) groups excluding carboxylic acids is 2. The van der Waals surface area contributed by atoms with Crippen LogP contribution in [-0.4, -0.2) is 175 Å². The minimum atomic E-state index is -5.08. The van der Waals surface area contributed by atoms with Crippen LogP contribution < -0.4 is 27.0 Å². The number of aliphatic hydroxyl groups is 4. The number of aliphatic hydroxyl groups excluding tert-OH is 4. The summed E-state index contributed by atoms with van der Waals surface area (Å²) in [4.78, 5) is 74.6. The summed E-state index contributed by atoms with van der Waals surface area (Å²) in [6, 6.07) is 6.52. The second-order valence-electron chi connectivity index (χ2n) is 15.1. The lowest BCUT2D eigenvalue weighted by Gasteiger charge is -2.38. The molecule has 22 nitrogen and oxygen atoms in total. The van der Waals surface area contributed by atoms with E-state index in [0.29, 0.717) is 18.0 Å². The first-order valence-corrected chi connectivity index (χ1v) is 20.3. The molecule has 2 saturated heterocycles. The summed E-state index contributed by atoms with van der Waals surface area (Å²) in [5.41, 5.74) is 4.52. The highest BCUT2D eigenvalue weighted by Gasteiger charge is 2.55. The van der Waals surface area contributed by atoms with Gasteiger partial charge in [0.15, 0.2) is 12.5 Å². The zero-order chi connectivity index (χ0) is 50.6. The number of unbranched alkanes of at least 4 members (excludes halogenated alkanes) is 4. The minimum absolute atomic E-state index is 0.00290. The van der Waals surface area contributed by atoms with Gasteiger partial charge in [0.2, 0.25) is 5.91 Å². The molecule has 5 rings (SSSR count). The summed E-state index contributed by atoms with van der Waals surface area (Å²) in [5, 5.41) is 60.7. The van der Waals surface area contributed by atoms with E-state index < -0.39 is 109 Å². The molecule has 376 valence electrons. The van der Waals surface area contributed by atoms with Crippen molar-refractivity contribution >= 4 is 29.4 Å². The molecule has 1 aromatic heterocycles. The number of nitrogens with one attached hydrogen (secondary N) is 2. The molecule has 0 radical (unpaired) electrons. The van der Waals surface area contributed by atoms with Gasteiger partial charge < -0.3 is 65.5 Å². The Kier molecular flexibility index (Phi) is 20.5. The maximum atomic E-state index is 14.3. The van der Waals surface area contributed by atoms with E-state index in [-0.39, 0.29) is 18.8 Å². The van der Waals surface area contributed by atoms with Gasteiger partial charge in [-0.3, -0.25) is 28.8 Å². The van der Waals surface area contributed by atoms with Crippen LogP contribution in [0.15, 0.2) is 57.9 Å². The summed E-state index contributed by atoms with van der Waals surface area (Å²) in [5.74, 6) is -6.14. The number of likely N-dealkylation sites (N-methyl/N-ethyl adjacent to an activating group) is 2. The number of H-pyrrole nitrogens is 1. The predicted molar refractivity (Wildman–Crippen MR) is 216 cm³/mol. The van der Waals surface area contributed by atoms with Crippen molar-refractivity contribution in [3.05, 3.63) is 69.1 Å². The molecule has 0 bridgehead atoms. The first-order chi connectivity index (χ1) is 31.2. The van der Waals surface area contributed by atoms with Crippen LogP contribution >= 0.6 is 0 Å². The summed E-state index contributed by atoms with van der Waals surface area (Å²) in [6.45, 7) is 2.58. The maximum absolute atomic E-state index is 14.3. The molecular weight excluding hydrogens is 922 g/mol. The predicted octanol–water partition coefficient (Wildman–Crippen LogP) is -0.143. The van der Waals surface area contributed by atoms with Gasteiger partial charge in [-0.2, -0.15) is 26.3 Å². The van der Waals surface area contributed by atoms with Gasteiger partial charge in [-0.05, 0) is 43.8 Å². The van der Waals surface area contributed by atoms with E-state index in [1.165, 1.54) is 37.3 Å². The van der Waals surface area contributed by atoms with E-state index >= 15 is 0 Å².